The lowest BCUT2D eigenvalue weighted by molar-refractivity contribution is 0.387. The fourth-order valence-corrected chi connectivity index (χ4v) is 0.650. The van der Waals surface area contributed by atoms with E-state index >= 15 is 0 Å². The Kier molecular flexibility index (Phi) is 1.92. The maximum Gasteiger partial charge on any atom is 0.137 e. The molecule has 44 valence electrons. The van der Waals surface area contributed by atoms with Crippen LogP contribution in [0.25, 0.3) is 0 Å². The second kappa shape index (κ2) is 2.72. The lowest BCUT2D eigenvalue weighted by Gasteiger charge is -1.82. The van der Waals surface area contributed by atoms with Crippen LogP contribution in [-0.4, -0.2) is 11.0 Å². The lowest BCUT2D eigenvalue weighted by Crippen LogP contribution is -1.79. The van der Waals surface area contributed by atoms with Crippen molar-refractivity contribution in [2.45, 2.75) is 6.42 Å². The molecule has 0 bridgehead atoms. The molecule has 2 nitrogen and oxygen atoms in total. The summed E-state index contributed by atoms with van der Waals surface area (Å²) in [4.78, 5) is 0. The minimum Gasteiger partial charge on any atom is -0.361 e. The Bertz CT molecular complexity index is 138. The maximum atomic E-state index is 5.41. The number of halogens is 1. The predicted octanol–water partition coefficient (Wildman–Crippen LogP) is 1.46. The molecule has 0 radical (unpaired) electrons. The molecule has 1 aromatic rings. The Labute approximate surface area is 52.4 Å². The van der Waals surface area contributed by atoms with Gasteiger partial charge < -0.3 is 4.52 Å². The lowest BCUT2D eigenvalue weighted by atomic mass is 10.4. The molecule has 0 fully saturated rings. The molecule has 0 unspecified atom stereocenters. The van der Waals surface area contributed by atoms with Crippen molar-refractivity contribution < 1.29 is 4.52 Å². The standard InChI is InChI=1S/C5H6ClNO/c6-3-1-5-2-4-7-8-5/h2,4H,1,3H2. The van der Waals surface area contributed by atoms with E-state index < -0.39 is 0 Å². The average Bonchev–Trinajstić information content (AvgIpc) is 2.19. The summed E-state index contributed by atoms with van der Waals surface area (Å²) in [5.41, 5.74) is 0. The quantitative estimate of drug-likeness (QED) is 0.568. The van der Waals surface area contributed by atoms with Gasteiger partial charge in [-0.2, -0.15) is 0 Å². The van der Waals surface area contributed by atoms with Gasteiger partial charge in [0.25, 0.3) is 0 Å². The van der Waals surface area contributed by atoms with E-state index in [9.17, 15) is 0 Å². The van der Waals surface area contributed by atoms with Crippen LogP contribution in [0.2, 0.25) is 0 Å². The average molecular weight is 132 g/mol. The van der Waals surface area contributed by atoms with Gasteiger partial charge >= 0.3 is 0 Å². The van der Waals surface area contributed by atoms with E-state index in [1.165, 1.54) is 0 Å². The van der Waals surface area contributed by atoms with Crippen LogP contribution in [-0.2, 0) is 6.42 Å². The largest absolute Gasteiger partial charge is 0.361 e. The number of aryl methyl sites for hydroxylation is 1. The minimum atomic E-state index is 0.592. The first kappa shape index (κ1) is 5.63. The third kappa shape index (κ3) is 1.23. The predicted molar refractivity (Wildman–Crippen MR) is 30.9 cm³/mol. The zero-order chi connectivity index (χ0) is 5.82. The Hall–Kier alpha value is -0.500. The molecule has 0 aliphatic rings. The zero-order valence-corrected chi connectivity index (χ0v) is 5.06. The first-order valence-corrected chi connectivity index (χ1v) is 2.92. The monoisotopic (exact) mass is 131 g/mol. The van der Waals surface area contributed by atoms with Crippen molar-refractivity contribution in [3.63, 3.8) is 0 Å². The Morgan fingerprint density at radius 2 is 2.62 bits per heavy atom. The van der Waals surface area contributed by atoms with Gasteiger partial charge in [0.1, 0.15) is 5.76 Å². The molecule has 1 heterocycles. The van der Waals surface area contributed by atoms with Crippen molar-refractivity contribution in [1.29, 1.82) is 0 Å². The van der Waals surface area contributed by atoms with Crippen molar-refractivity contribution >= 4 is 11.6 Å². The van der Waals surface area contributed by atoms with Crippen LogP contribution in [0.3, 0.4) is 0 Å². The van der Waals surface area contributed by atoms with Crippen LogP contribution < -0.4 is 0 Å². The first-order valence-electron chi connectivity index (χ1n) is 2.39. The Morgan fingerprint density at radius 3 is 3.12 bits per heavy atom. The fourth-order valence-electron chi connectivity index (χ4n) is 0.464. The second-order valence-corrected chi connectivity index (χ2v) is 1.80. The molecule has 8 heavy (non-hydrogen) atoms. The maximum absolute atomic E-state index is 5.41. The number of hydrogen-bond donors (Lipinski definition) is 0. The summed E-state index contributed by atoms with van der Waals surface area (Å²) < 4.78 is 4.74. The van der Waals surface area contributed by atoms with Crippen LogP contribution in [0.1, 0.15) is 5.76 Å². The van der Waals surface area contributed by atoms with Gasteiger partial charge in [-0.3, -0.25) is 0 Å². The summed E-state index contributed by atoms with van der Waals surface area (Å²) in [6.45, 7) is 0. The van der Waals surface area contributed by atoms with Crippen LogP contribution in [0, 0.1) is 0 Å². The molecule has 1 rings (SSSR count). The molecular weight excluding hydrogens is 126 g/mol. The van der Waals surface area contributed by atoms with Gasteiger partial charge in [0, 0.05) is 18.4 Å². The van der Waals surface area contributed by atoms with E-state index in [4.69, 9.17) is 16.1 Å². The number of alkyl halides is 1. The zero-order valence-electron chi connectivity index (χ0n) is 4.30. The summed E-state index contributed by atoms with van der Waals surface area (Å²) in [6.07, 6.45) is 2.38. The third-order valence-electron chi connectivity index (χ3n) is 0.832. The summed E-state index contributed by atoms with van der Waals surface area (Å²) >= 11 is 5.41. The van der Waals surface area contributed by atoms with Gasteiger partial charge in [-0.1, -0.05) is 5.16 Å². The van der Waals surface area contributed by atoms with E-state index in [1.807, 2.05) is 6.07 Å². The SMILES string of the molecule is ClCCc1ccno1. The highest BCUT2D eigenvalue weighted by Gasteiger charge is 1.91. The topological polar surface area (TPSA) is 26.0 Å². The van der Waals surface area contributed by atoms with E-state index in [1.54, 1.807) is 6.20 Å². The van der Waals surface area contributed by atoms with Crippen LogP contribution >= 0.6 is 11.6 Å². The van der Waals surface area contributed by atoms with Crippen molar-refractivity contribution in [1.82, 2.24) is 5.16 Å². The van der Waals surface area contributed by atoms with Crippen LogP contribution in [0.15, 0.2) is 16.8 Å². The van der Waals surface area contributed by atoms with Gasteiger partial charge in [-0.15, -0.1) is 11.6 Å². The van der Waals surface area contributed by atoms with Crippen LogP contribution in [0.4, 0.5) is 0 Å². The molecule has 3 heteroatoms. The highest BCUT2D eigenvalue weighted by Crippen LogP contribution is 1.97. The highest BCUT2D eigenvalue weighted by atomic mass is 35.5. The Balaban J connectivity index is 2.50. The van der Waals surface area contributed by atoms with Crippen molar-refractivity contribution in [2.75, 3.05) is 5.88 Å². The van der Waals surface area contributed by atoms with E-state index in [0.717, 1.165) is 12.2 Å². The van der Waals surface area contributed by atoms with Gasteiger partial charge in [-0.25, -0.2) is 0 Å². The fraction of sp³-hybridized carbons (Fsp3) is 0.400. The van der Waals surface area contributed by atoms with Gasteiger partial charge in [0.05, 0.1) is 6.20 Å². The molecular formula is C5H6ClNO. The highest BCUT2D eigenvalue weighted by molar-refractivity contribution is 6.17. The normalized spacial score (nSPS) is 9.62. The number of nitrogens with zero attached hydrogens (tertiary/aromatic N) is 1. The second-order valence-electron chi connectivity index (χ2n) is 1.42. The van der Waals surface area contributed by atoms with Gasteiger partial charge in [0.2, 0.25) is 0 Å². The van der Waals surface area contributed by atoms with Gasteiger partial charge in [0.15, 0.2) is 0 Å². The Morgan fingerprint density at radius 1 is 1.75 bits per heavy atom. The molecule has 1 aromatic heterocycles. The molecule has 0 aromatic carbocycles. The first-order chi connectivity index (χ1) is 3.93. The van der Waals surface area contributed by atoms with E-state index in [-0.39, 0.29) is 0 Å². The molecule has 0 amide bonds. The molecule has 0 spiro atoms. The summed E-state index contributed by atoms with van der Waals surface area (Å²) in [7, 11) is 0. The molecule has 0 saturated heterocycles. The number of rotatable bonds is 2. The van der Waals surface area contributed by atoms with Crippen molar-refractivity contribution in [3.8, 4) is 0 Å². The minimum absolute atomic E-state index is 0.592. The summed E-state index contributed by atoms with van der Waals surface area (Å²) in [5, 5.41) is 3.51. The third-order valence-corrected chi connectivity index (χ3v) is 1.02. The van der Waals surface area contributed by atoms with E-state index in [0.29, 0.717) is 5.88 Å². The summed E-state index contributed by atoms with van der Waals surface area (Å²) in [6, 6.07) is 1.81. The molecule has 0 saturated carbocycles. The number of hydrogen-bond acceptors (Lipinski definition) is 2. The van der Waals surface area contributed by atoms with Crippen molar-refractivity contribution in [3.05, 3.63) is 18.0 Å². The molecule has 0 aliphatic carbocycles. The van der Waals surface area contributed by atoms with Crippen LogP contribution in [0.5, 0.6) is 0 Å². The van der Waals surface area contributed by atoms with E-state index in [2.05, 4.69) is 5.16 Å². The summed E-state index contributed by atoms with van der Waals surface area (Å²) in [5.74, 6) is 1.44. The van der Waals surface area contributed by atoms with Gasteiger partial charge in [-0.05, 0) is 0 Å². The number of aromatic nitrogens is 1. The molecule has 0 atom stereocenters. The molecule has 0 N–H and O–H groups in total. The van der Waals surface area contributed by atoms with Crippen molar-refractivity contribution in [2.24, 2.45) is 0 Å². The molecule has 0 aliphatic heterocycles. The smallest absolute Gasteiger partial charge is 0.137 e.